The SMILES string of the molecule is CCCN1CCC(CC2CC[NH2+]CC2)CC1. The van der Waals surface area contributed by atoms with Crippen molar-refractivity contribution in [2.75, 3.05) is 32.7 Å². The summed E-state index contributed by atoms with van der Waals surface area (Å²) in [4.78, 5) is 2.66. The number of hydrogen-bond acceptors (Lipinski definition) is 1. The van der Waals surface area contributed by atoms with Gasteiger partial charge in [-0.3, -0.25) is 0 Å². The molecule has 2 rings (SSSR count). The summed E-state index contributed by atoms with van der Waals surface area (Å²) in [5.41, 5.74) is 0. The molecule has 0 bridgehead atoms. The number of likely N-dealkylation sites (tertiary alicyclic amines) is 1. The van der Waals surface area contributed by atoms with Gasteiger partial charge in [-0.25, -0.2) is 0 Å². The molecule has 2 nitrogen and oxygen atoms in total. The standard InChI is InChI=1S/C14H28N2/c1-2-9-16-10-5-14(6-11-16)12-13-3-7-15-8-4-13/h13-15H,2-12H2,1H3/p+1. The molecule has 0 amide bonds. The van der Waals surface area contributed by atoms with Gasteiger partial charge in [0.05, 0.1) is 13.1 Å². The Morgan fingerprint density at radius 1 is 1.00 bits per heavy atom. The first kappa shape index (κ1) is 12.4. The lowest BCUT2D eigenvalue weighted by Gasteiger charge is -2.34. The highest BCUT2D eigenvalue weighted by molar-refractivity contribution is 4.75. The second-order valence-electron chi connectivity index (χ2n) is 5.83. The van der Waals surface area contributed by atoms with E-state index in [9.17, 15) is 0 Å². The number of hydrogen-bond donors (Lipinski definition) is 1. The minimum absolute atomic E-state index is 1.05. The van der Waals surface area contributed by atoms with E-state index in [4.69, 9.17) is 0 Å². The first-order valence-corrected chi connectivity index (χ1v) is 7.42. The van der Waals surface area contributed by atoms with Crippen molar-refractivity contribution in [1.82, 2.24) is 4.90 Å². The largest absolute Gasteiger partial charge is 0.346 e. The molecule has 2 aliphatic heterocycles. The topological polar surface area (TPSA) is 19.9 Å². The van der Waals surface area contributed by atoms with E-state index in [2.05, 4.69) is 17.1 Å². The summed E-state index contributed by atoms with van der Waals surface area (Å²) in [6, 6.07) is 0. The van der Waals surface area contributed by atoms with Crippen LogP contribution in [0.25, 0.3) is 0 Å². The number of nitrogens with zero attached hydrogens (tertiary/aromatic N) is 1. The molecule has 0 unspecified atom stereocenters. The summed E-state index contributed by atoms with van der Waals surface area (Å²) in [6.07, 6.45) is 8.77. The lowest BCUT2D eigenvalue weighted by atomic mass is 9.83. The predicted molar refractivity (Wildman–Crippen MR) is 68.5 cm³/mol. The van der Waals surface area contributed by atoms with Crippen LogP contribution in [0.1, 0.15) is 45.4 Å². The van der Waals surface area contributed by atoms with Gasteiger partial charge in [0.15, 0.2) is 0 Å². The van der Waals surface area contributed by atoms with Crippen molar-refractivity contribution in [2.45, 2.75) is 45.4 Å². The summed E-state index contributed by atoms with van der Waals surface area (Å²) < 4.78 is 0. The Balaban J connectivity index is 1.64. The monoisotopic (exact) mass is 225 g/mol. The predicted octanol–water partition coefficient (Wildman–Crippen LogP) is 1.47. The molecule has 0 saturated carbocycles. The molecule has 0 aromatic rings. The Morgan fingerprint density at radius 3 is 2.25 bits per heavy atom. The highest BCUT2D eigenvalue weighted by atomic mass is 15.1. The zero-order valence-electron chi connectivity index (χ0n) is 11.0. The van der Waals surface area contributed by atoms with Gasteiger partial charge in [0.1, 0.15) is 0 Å². The van der Waals surface area contributed by atoms with E-state index < -0.39 is 0 Å². The minimum Gasteiger partial charge on any atom is -0.346 e. The smallest absolute Gasteiger partial charge is 0.0758 e. The molecule has 0 aromatic carbocycles. The van der Waals surface area contributed by atoms with Crippen LogP contribution in [-0.4, -0.2) is 37.6 Å². The van der Waals surface area contributed by atoms with Gasteiger partial charge in [-0.2, -0.15) is 0 Å². The average molecular weight is 225 g/mol. The van der Waals surface area contributed by atoms with E-state index in [1.165, 1.54) is 71.2 Å². The quantitative estimate of drug-likeness (QED) is 0.768. The molecular formula is C14H29N2+. The summed E-state index contributed by atoms with van der Waals surface area (Å²) in [7, 11) is 0. The zero-order chi connectivity index (χ0) is 11.2. The van der Waals surface area contributed by atoms with Crippen LogP contribution in [0.2, 0.25) is 0 Å². The van der Waals surface area contributed by atoms with Crippen LogP contribution in [0, 0.1) is 11.8 Å². The molecule has 2 heterocycles. The molecule has 94 valence electrons. The molecule has 0 radical (unpaired) electrons. The van der Waals surface area contributed by atoms with Crippen LogP contribution in [0.5, 0.6) is 0 Å². The van der Waals surface area contributed by atoms with Crippen LogP contribution in [-0.2, 0) is 0 Å². The Labute approximate surface area is 101 Å². The zero-order valence-corrected chi connectivity index (χ0v) is 11.0. The maximum absolute atomic E-state index is 2.66. The van der Waals surface area contributed by atoms with Crippen molar-refractivity contribution in [3.8, 4) is 0 Å². The normalized spacial score (nSPS) is 26.1. The van der Waals surface area contributed by atoms with Crippen molar-refractivity contribution in [2.24, 2.45) is 11.8 Å². The Hall–Kier alpha value is -0.0800. The van der Waals surface area contributed by atoms with Gasteiger partial charge in [0, 0.05) is 0 Å². The number of nitrogens with two attached hydrogens (primary N) is 1. The third-order valence-corrected chi connectivity index (χ3v) is 4.47. The van der Waals surface area contributed by atoms with Crippen molar-refractivity contribution in [3.05, 3.63) is 0 Å². The maximum Gasteiger partial charge on any atom is 0.0758 e. The molecule has 2 fully saturated rings. The van der Waals surface area contributed by atoms with Crippen LogP contribution in [0.15, 0.2) is 0 Å². The molecule has 0 aromatic heterocycles. The van der Waals surface area contributed by atoms with Gasteiger partial charge in [-0.15, -0.1) is 0 Å². The van der Waals surface area contributed by atoms with Gasteiger partial charge >= 0.3 is 0 Å². The fourth-order valence-corrected chi connectivity index (χ4v) is 3.46. The Bertz CT molecular complexity index is 179. The van der Waals surface area contributed by atoms with Gasteiger partial charge < -0.3 is 10.2 Å². The highest BCUT2D eigenvalue weighted by Gasteiger charge is 2.23. The molecule has 2 heteroatoms. The average Bonchev–Trinajstić information content (AvgIpc) is 2.33. The van der Waals surface area contributed by atoms with Crippen LogP contribution in [0.4, 0.5) is 0 Å². The molecule has 2 saturated heterocycles. The summed E-state index contributed by atoms with van der Waals surface area (Å²) >= 11 is 0. The Morgan fingerprint density at radius 2 is 1.62 bits per heavy atom. The van der Waals surface area contributed by atoms with Gasteiger partial charge in [-0.05, 0) is 70.0 Å². The molecule has 0 spiro atoms. The van der Waals surface area contributed by atoms with Gasteiger partial charge in [-0.1, -0.05) is 6.92 Å². The molecule has 2 N–H and O–H groups in total. The van der Waals surface area contributed by atoms with Crippen molar-refractivity contribution < 1.29 is 5.32 Å². The second kappa shape index (κ2) is 6.61. The summed E-state index contributed by atoms with van der Waals surface area (Å²) in [6.45, 7) is 9.14. The fourth-order valence-electron chi connectivity index (χ4n) is 3.46. The van der Waals surface area contributed by atoms with E-state index in [1.807, 2.05) is 0 Å². The minimum atomic E-state index is 1.05. The van der Waals surface area contributed by atoms with Gasteiger partial charge in [0.2, 0.25) is 0 Å². The first-order valence-electron chi connectivity index (χ1n) is 7.42. The fraction of sp³-hybridized carbons (Fsp3) is 1.00. The van der Waals surface area contributed by atoms with Crippen molar-refractivity contribution in [1.29, 1.82) is 0 Å². The van der Waals surface area contributed by atoms with Crippen LogP contribution < -0.4 is 5.32 Å². The molecule has 16 heavy (non-hydrogen) atoms. The maximum atomic E-state index is 2.66. The summed E-state index contributed by atoms with van der Waals surface area (Å²) in [5, 5.41) is 2.49. The molecule has 2 aliphatic rings. The first-order chi connectivity index (χ1) is 7.88. The molecular weight excluding hydrogens is 196 g/mol. The number of quaternary nitrogens is 1. The third kappa shape index (κ3) is 3.74. The second-order valence-corrected chi connectivity index (χ2v) is 5.83. The molecule has 0 aliphatic carbocycles. The van der Waals surface area contributed by atoms with Gasteiger partial charge in [0.25, 0.3) is 0 Å². The molecule has 0 atom stereocenters. The third-order valence-electron chi connectivity index (χ3n) is 4.47. The van der Waals surface area contributed by atoms with Crippen molar-refractivity contribution in [3.63, 3.8) is 0 Å². The van der Waals surface area contributed by atoms with E-state index in [0.29, 0.717) is 0 Å². The lowest BCUT2D eigenvalue weighted by Crippen LogP contribution is -2.86. The van der Waals surface area contributed by atoms with Crippen molar-refractivity contribution >= 4 is 0 Å². The highest BCUT2D eigenvalue weighted by Crippen LogP contribution is 2.27. The van der Waals surface area contributed by atoms with E-state index >= 15 is 0 Å². The van der Waals surface area contributed by atoms with Crippen LogP contribution in [0.3, 0.4) is 0 Å². The number of piperidine rings is 2. The van der Waals surface area contributed by atoms with E-state index in [0.717, 1.165) is 11.8 Å². The summed E-state index contributed by atoms with van der Waals surface area (Å²) in [5.74, 6) is 2.11. The van der Waals surface area contributed by atoms with E-state index in [1.54, 1.807) is 0 Å². The van der Waals surface area contributed by atoms with Crippen LogP contribution >= 0.6 is 0 Å². The lowest BCUT2D eigenvalue weighted by molar-refractivity contribution is -0.665. The number of rotatable bonds is 4. The van der Waals surface area contributed by atoms with E-state index in [-0.39, 0.29) is 0 Å². The Kier molecular flexibility index (Phi) is 5.11.